The van der Waals surface area contributed by atoms with Crippen molar-refractivity contribution in [2.24, 2.45) is 0 Å². The number of rotatable bonds is 30. The number of benzene rings is 4. The van der Waals surface area contributed by atoms with Crippen LogP contribution in [0.1, 0.15) is 166 Å². The second kappa shape index (κ2) is 31.9. The van der Waals surface area contributed by atoms with Crippen molar-refractivity contribution in [3.63, 3.8) is 0 Å². The molecule has 0 spiro atoms. The molecule has 0 radical (unpaired) electrons. The number of phenolic OH excluding ortho intramolecular Hbond substituents is 1. The number of hydrogen-bond acceptors (Lipinski definition) is 9. The molecule has 4 rings (SSSR count). The molecule has 0 saturated carbocycles. The molecule has 344 valence electrons. The predicted molar refractivity (Wildman–Crippen MR) is 251 cm³/mol. The Morgan fingerprint density at radius 1 is 0.460 bits per heavy atom. The Bertz CT molecular complexity index is 1910. The molecule has 0 aliphatic heterocycles. The van der Waals surface area contributed by atoms with E-state index in [-0.39, 0.29) is 59.0 Å². The molecular formula is C50H70CaO10S2. The molecule has 13 heteroatoms. The van der Waals surface area contributed by atoms with Gasteiger partial charge in [-0.15, -0.1) is 5.75 Å². The van der Waals surface area contributed by atoms with Gasteiger partial charge in [0, 0.05) is 6.07 Å². The van der Waals surface area contributed by atoms with Gasteiger partial charge in [0.1, 0.15) is 38.9 Å². The van der Waals surface area contributed by atoms with Gasteiger partial charge >= 0.3 is 37.7 Å². The molecular weight excluding hydrogens is 865 g/mol. The molecule has 2 N–H and O–H groups in total. The molecule has 0 atom stereocenters. The number of aryl methyl sites for hydroxylation is 2. The second-order valence-corrected chi connectivity index (χ2v) is 19.1. The van der Waals surface area contributed by atoms with Gasteiger partial charge in [0.05, 0.1) is 9.79 Å². The first-order valence-corrected chi connectivity index (χ1v) is 25.7. The van der Waals surface area contributed by atoms with Crippen molar-refractivity contribution in [2.45, 2.75) is 178 Å². The second-order valence-electron chi connectivity index (χ2n) is 16.3. The Morgan fingerprint density at radius 3 is 1.19 bits per heavy atom. The van der Waals surface area contributed by atoms with Gasteiger partial charge in [-0.2, -0.15) is 8.42 Å². The summed E-state index contributed by atoms with van der Waals surface area (Å²) >= 11 is 0. The summed E-state index contributed by atoms with van der Waals surface area (Å²) in [5.41, 5.74) is 1.96. The Morgan fingerprint density at radius 2 is 0.810 bits per heavy atom. The first-order valence-electron chi connectivity index (χ1n) is 22.9. The fraction of sp³-hybridized carbons (Fsp3) is 0.520. The van der Waals surface area contributed by atoms with Crippen LogP contribution in [-0.4, -0.2) is 68.8 Å². The fourth-order valence-electron chi connectivity index (χ4n) is 7.29. The largest absolute Gasteiger partial charge is 2.00 e. The average molecular weight is 935 g/mol. The standard InChI is InChI=1S/2C25H36O5S.Ca/c2*1-2-3-4-5-6-7-8-9-10-11-12-13-21-18-22(26)20-24(19-21)30-23-14-16-25(17-15-23)31(27,28)29;/h2*14-20,26H,2-13H2,1H3,(H,27,28,29);/q;;+2/p-2. The normalized spacial score (nSPS) is 11.4. The molecule has 0 heterocycles. The Labute approximate surface area is 408 Å². The van der Waals surface area contributed by atoms with Crippen LogP contribution in [-0.2, 0) is 33.1 Å². The molecule has 0 amide bonds. The zero-order valence-electron chi connectivity index (χ0n) is 37.7. The van der Waals surface area contributed by atoms with Crippen LogP contribution in [0.3, 0.4) is 0 Å². The third kappa shape index (κ3) is 25.4. The van der Waals surface area contributed by atoms with Crippen LogP contribution >= 0.6 is 0 Å². The minimum absolute atomic E-state index is 0. The van der Waals surface area contributed by atoms with E-state index in [1.807, 2.05) is 12.1 Å². The first-order chi connectivity index (χ1) is 29.8. The van der Waals surface area contributed by atoms with Crippen molar-refractivity contribution in [3.05, 3.63) is 96.1 Å². The number of hydrogen-bond donors (Lipinski definition) is 2. The van der Waals surface area contributed by atoms with E-state index in [9.17, 15) is 31.6 Å². The molecule has 0 aliphatic rings. The summed E-state index contributed by atoms with van der Waals surface area (Å²) in [6.45, 7) is 4.49. The molecule has 4 aromatic rings. The molecule has 0 saturated heterocycles. The van der Waals surface area contributed by atoms with Crippen molar-refractivity contribution in [3.8, 4) is 34.5 Å². The molecule has 0 unspecified atom stereocenters. The minimum Gasteiger partial charge on any atom is -0.872 e. The van der Waals surface area contributed by atoms with Crippen LogP contribution < -0.4 is 14.6 Å². The van der Waals surface area contributed by atoms with Gasteiger partial charge in [-0.25, -0.2) is 8.42 Å². The molecule has 63 heavy (non-hydrogen) atoms. The molecule has 0 aliphatic carbocycles. The van der Waals surface area contributed by atoms with Gasteiger partial charge in [0.25, 0.3) is 10.1 Å². The van der Waals surface area contributed by atoms with Crippen molar-refractivity contribution >= 4 is 58.0 Å². The molecule has 10 nitrogen and oxygen atoms in total. The quantitative estimate of drug-likeness (QED) is 0.0291. The van der Waals surface area contributed by atoms with Crippen LogP contribution in [0.4, 0.5) is 0 Å². The fourth-order valence-corrected chi connectivity index (χ4v) is 8.24. The van der Waals surface area contributed by atoms with E-state index in [0.29, 0.717) is 23.0 Å². The summed E-state index contributed by atoms with van der Waals surface area (Å²) in [6.07, 6.45) is 30.0. The molecule has 0 fully saturated rings. The molecule has 0 aromatic heterocycles. The van der Waals surface area contributed by atoms with Crippen molar-refractivity contribution in [1.82, 2.24) is 0 Å². The van der Waals surface area contributed by atoms with Gasteiger partial charge in [-0.05, 0) is 110 Å². The van der Waals surface area contributed by atoms with E-state index in [2.05, 4.69) is 13.8 Å². The van der Waals surface area contributed by atoms with Gasteiger partial charge in [0.15, 0.2) is 0 Å². The number of ether oxygens (including phenoxy) is 2. The smallest absolute Gasteiger partial charge is 0.872 e. The third-order valence-corrected chi connectivity index (χ3v) is 12.5. The summed E-state index contributed by atoms with van der Waals surface area (Å²) in [6, 6.07) is 20.8. The number of unbranched alkanes of at least 4 members (excludes halogenated alkanes) is 20. The van der Waals surface area contributed by atoms with E-state index in [4.69, 9.17) is 14.0 Å². The molecule has 0 bridgehead atoms. The summed E-state index contributed by atoms with van der Waals surface area (Å²) < 4.78 is 75.7. The van der Waals surface area contributed by atoms with E-state index in [0.717, 1.165) is 43.2 Å². The van der Waals surface area contributed by atoms with E-state index < -0.39 is 20.2 Å². The van der Waals surface area contributed by atoms with Gasteiger partial charge < -0.3 is 24.2 Å². The maximum atomic E-state index is 12.0. The third-order valence-electron chi connectivity index (χ3n) is 10.7. The number of phenols is 1. The van der Waals surface area contributed by atoms with Crippen molar-refractivity contribution in [2.75, 3.05) is 0 Å². The zero-order chi connectivity index (χ0) is 45.1. The Balaban J connectivity index is 0.000000427. The van der Waals surface area contributed by atoms with Gasteiger partial charge in [0.2, 0.25) is 0 Å². The van der Waals surface area contributed by atoms with Gasteiger partial charge in [-0.1, -0.05) is 148 Å². The van der Waals surface area contributed by atoms with E-state index in [1.54, 1.807) is 12.1 Å². The summed E-state index contributed by atoms with van der Waals surface area (Å²) in [5, 5.41) is 22.0. The Kier molecular flexibility index (Phi) is 28.5. The van der Waals surface area contributed by atoms with Gasteiger partial charge in [-0.3, -0.25) is 4.55 Å². The molecule has 4 aromatic carbocycles. The minimum atomic E-state index is -4.49. The maximum Gasteiger partial charge on any atom is 2.00 e. The zero-order valence-corrected chi connectivity index (χ0v) is 41.6. The van der Waals surface area contributed by atoms with Crippen LogP contribution in [0.25, 0.3) is 0 Å². The Hall–Kier alpha value is -2.84. The summed E-state index contributed by atoms with van der Waals surface area (Å²) in [4.78, 5) is -0.498. The van der Waals surface area contributed by atoms with E-state index in [1.165, 1.54) is 183 Å². The first kappa shape index (κ1) is 56.3. The van der Waals surface area contributed by atoms with Crippen LogP contribution in [0.15, 0.2) is 94.7 Å². The van der Waals surface area contributed by atoms with Crippen LogP contribution in [0, 0.1) is 0 Å². The van der Waals surface area contributed by atoms with Crippen LogP contribution in [0.2, 0.25) is 0 Å². The topological polar surface area (TPSA) is 173 Å². The van der Waals surface area contributed by atoms with E-state index >= 15 is 0 Å². The van der Waals surface area contributed by atoms with Crippen LogP contribution in [0.5, 0.6) is 34.5 Å². The SMILES string of the molecule is CCCCCCCCCCCCCc1cc(O)cc(Oc2ccc(S(=O)(=O)O)cc2)c1.CCCCCCCCCCCCCc1cc([O-])cc(Oc2ccc(S(=O)(=O)[O-])cc2)c1.[Ca+2]. The van der Waals surface area contributed by atoms with Crippen molar-refractivity contribution in [1.29, 1.82) is 0 Å². The van der Waals surface area contributed by atoms with Crippen molar-refractivity contribution < 1.29 is 45.6 Å². The monoisotopic (exact) mass is 934 g/mol. The maximum absolute atomic E-state index is 12.0. The summed E-state index contributed by atoms with van der Waals surface area (Å²) in [7, 11) is -8.71. The number of aromatic hydroxyl groups is 1. The predicted octanol–water partition coefficient (Wildman–Crippen LogP) is 13.2. The average Bonchev–Trinajstić information content (AvgIpc) is 3.21. The summed E-state index contributed by atoms with van der Waals surface area (Å²) in [5.74, 6) is 1.75.